The van der Waals surface area contributed by atoms with E-state index in [1.165, 1.54) is 0 Å². The fraction of sp³-hybridized carbons (Fsp3) is 0.125. The number of allylic oxidation sites excluding steroid dienone is 4. The van der Waals surface area contributed by atoms with Crippen molar-refractivity contribution >= 4 is 17.2 Å². The van der Waals surface area contributed by atoms with E-state index in [1.54, 1.807) is 12.1 Å². The van der Waals surface area contributed by atoms with Crippen molar-refractivity contribution in [3.05, 3.63) is 196 Å². The molecule has 5 aromatic rings. The van der Waals surface area contributed by atoms with Gasteiger partial charge in [0.15, 0.2) is 5.84 Å². The number of nitrogens with zero attached hydrogens (tertiary/aromatic N) is 4. The lowest BCUT2D eigenvalue weighted by Gasteiger charge is -2.36. The number of fused-ring (bicyclic) bond motifs is 1. The van der Waals surface area contributed by atoms with Crippen LogP contribution in [0.3, 0.4) is 0 Å². The van der Waals surface area contributed by atoms with Crippen molar-refractivity contribution in [3.63, 3.8) is 0 Å². The van der Waals surface area contributed by atoms with E-state index in [0.717, 1.165) is 57.0 Å². The van der Waals surface area contributed by atoms with E-state index in [-0.39, 0.29) is 24.1 Å². The van der Waals surface area contributed by atoms with Crippen LogP contribution in [0.2, 0.25) is 0 Å². The summed E-state index contributed by atoms with van der Waals surface area (Å²) in [5.41, 5.74) is 8.67. The smallest absolute Gasteiger partial charge is 0.159 e. The molecule has 0 saturated carbocycles. The lowest BCUT2D eigenvalue weighted by atomic mass is 9.74. The van der Waals surface area contributed by atoms with Gasteiger partial charge in [0.2, 0.25) is 0 Å². The number of ether oxygens (including phenoxy) is 1. The lowest BCUT2D eigenvalue weighted by molar-refractivity contribution is 0.109. The maximum atomic E-state index is 9.65. The summed E-state index contributed by atoms with van der Waals surface area (Å²) in [6.07, 6.45) is 13.2. The third kappa shape index (κ3) is 7.00. The maximum Gasteiger partial charge on any atom is 0.159 e. The molecule has 3 unspecified atom stereocenters. The first-order valence-electron chi connectivity index (χ1n) is 18.0. The summed E-state index contributed by atoms with van der Waals surface area (Å²) in [6.45, 7) is 0. The molecule has 2 heterocycles. The second-order valence-electron chi connectivity index (χ2n) is 13.5. The Bertz CT molecular complexity index is 2510. The van der Waals surface area contributed by atoms with Crippen LogP contribution < -0.4 is 5.32 Å². The van der Waals surface area contributed by atoms with Gasteiger partial charge >= 0.3 is 0 Å². The van der Waals surface area contributed by atoms with Crippen LogP contribution in [0.1, 0.15) is 39.8 Å². The quantitative estimate of drug-likeness (QED) is 0.129. The first-order valence-corrected chi connectivity index (χ1v) is 18.0. The predicted molar refractivity (Wildman–Crippen MR) is 214 cm³/mol. The van der Waals surface area contributed by atoms with Gasteiger partial charge in [-0.15, -0.1) is 6.42 Å². The molecule has 1 N–H and O–H groups in total. The number of hydrogen-bond acceptors (Lipinski definition) is 6. The molecule has 258 valence electrons. The molecule has 5 aromatic carbocycles. The van der Waals surface area contributed by atoms with Crippen LogP contribution in [0, 0.1) is 46.8 Å². The normalized spacial score (nSPS) is 20.3. The first kappa shape index (κ1) is 33.9. The average Bonchev–Trinajstić information content (AvgIpc) is 3.59. The number of amidine groups is 2. The summed E-state index contributed by atoms with van der Waals surface area (Å²) in [4.78, 5) is 10.4. The van der Waals surface area contributed by atoms with Crippen molar-refractivity contribution in [2.75, 3.05) is 0 Å². The summed E-state index contributed by atoms with van der Waals surface area (Å²) in [7, 11) is 0. The molecule has 0 spiro atoms. The second-order valence-corrected chi connectivity index (χ2v) is 13.5. The van der Waals surface area contributed by atoms with Crippen LogP contribution in [0.25, 0.3) is 16.7 Å². The maximum absolute atomic E-state index is 9.65. The van der Waals surface area contributed by atoms with Gasteiger partial charge in [0.25, 0.3) is 0 Å². The summed E-state index contributed by atoms with van der Waals surface area (Å²) < 4.78 is 6.83. The summed E-state index contributed by atoms with van der Waals surface area (Å²) in [6, 6.07) is 48.3. The van der Waals surface area contributed by atoms with E-state index in [2.05, 4.69) is 78.0 Å². The van der Waals surface area contributed by atoms with Crippen molar-refractivity contribution < 1.29 is 4.74 Å². The summed E-state index contributed by atoms with van der Waals surface area (Å²) in [5.74, 6) is 4.97. The van der Waals surface area contributed by atoms with Gasteiger partial charge < -0.3 is 10.1 Å². The predicted octanol–water partition coefficient (Wildman–Crippen LogP) is 9.02. The number of benzene rings is 5. The van der Waals surface area contributed by atoms with Crippen LogP contribution in [-0.2, 0) is 11.2 Å². The Balaban J connectivity index is 1.23. The Labute approximate surface area is 315 Å². The van der Waals surface area contributed by atoms with Crippen LogP contribution in [-0.4, -0.2) is 23.9 Å². The van der Waals surface area contributed by atoms with Crippen molar-refractivity contribution in [1.29, 1.82) is 10.5 Å². The Hall–Kier alpha value is -7.20. The van der Waals surface area contributed by atoms with Crippen molar-refractivity contribution in [3.8, 4) is 35.6 Å². The monoisotopic (exact) mass is 697 g/mol. The Morgan fingerprint density at radius 3 is 2.22 bits per heavy atom. The zero-order chi connectivity index (χ0) is 36.9. The van der Waals surface area contributed by atoms with Crippen LogP contribution in [0.4, 0.5) is 0 Å². The third-order valence-electron chi connectivity index (χ3n) is 10.1. The molecule has 0 fully saturated rings. The summed E-state index contributed by atoms with van der Waals surface area (Å²) in [5, 5.41) is 23.1. The molecule has 0 saturated heterocycles. The molecule has 54 heavy (non-hydrogen) atoms. The van der Waals surface area contributed by atoms with Gasteiger partial charge in [0.05, 0.1) is 23.3 Å². The zero-order valence-electron chi connectivity index (χ0n) is 29.4. The molecule has 8 rings (SSSR count). The molecule has 6 heteroatoms. The van der Waals surface area contributed by atoms with Crippen LogP contribution in [0.15, 0.2) is 173 Å². The first-order chi connectivity index (χ1) is 26.6. The Kier molecular flexibility index (Phi) is 9.54. The lowest BCUT2D eigenvalue weighted by Crippen LogP contribution is -2.47. The molecule has 0 aromatic heterocycles. The number of nitriles is 2. The molecule has 6 nitrogen and oxygen atoms in total. The van der Waals surface area contributed by atoms with Crippen molar-refractivity contribution in [2.24, 2.45) is 21.8 Å². The van der Waals surface area contributed by atoms with Gasteiger partial charge in [0, 0.05) is 35.0 Å². The van der Waals surface area contributed by atoms with Gasteiger partial charge in [-0.2, -0.15) is 10.5 Å². The van der Waals surface area contributed by atoms with E-state index in [1.807, 2.05) is 84.9 Å². The minimum atomic E-state index is -0.352. The van der Waals surface area contributed by atoms with E-state index in [4.69, 9.17) is 21.1 Å². The molecule has 0 radical (unpaired) electrons. The largest absolute Gasteiger partial charge is 0.489 e. The van der Waals surface area contributed by atoms with Gasteiger partial charge in [0.1, 0.15) is 23.9 Å². The second kappa shape index (κ2) is 15.2. The molecular weight excluding hydrogens is 663 g/mol. The highest BCUT2D eigenvalue weighted by molar-refractivity contribution is 6.13. The number of rotatable bonds is 8. The fourth-order valence-electron chi connectivity index (χ4n) is 7.55. The van der Waals surface area contributed by atoms with E-state index in [9.17, 15) is 10.5 Å². The van der Waals surface area contributed by atoms with Crippen molar-refractivity contribution in [1.82, 2.24) is 5.32 Å². The Morgan fingerprint density at radius 2 is 1.46 bits per heavy atom. The highest BCUT2D eigenvalue weighted by Gasteiger charge is 2.45. The average molecular weight is 698 g/mol. The van der Waals surface area contributed by atoms with Gasteiger partial charge in [-0.05, 0) is 76.7 Å². The minimum absolute atomic E-state index is 0.0415. The number of aliphatic imine (C=N–C) groups is 2. The molecule has 0 bridgehead atoms. The highest BCUT2D eigenvalue weighted by atomic mass is 16.5. The fourth-order valence-corrected chi connectivity index (χ4v) is 7.55. The van der Waals surface area contributed by atoms with Gasteiger partial charge in [-0.1, -0.05) is 115 Å². The van der Waals surface area contributed by atoms with Gasteiger partial charge in [-0.25, -0.2) is 9.98 Å². The zero-order valence-corrected chi connectivity index (χ0v) is 29.4. The van der Waals surface area contributed by atoms with Crippen LogP contribution in [0.5, 0.6) is 0 Å². The molecule has 3 aliphatic rings. The highest BCUT2D eigenvalue weighted by Crippen LogP contribution is 2.46. The number of terminal acetylenes is 1. The third-order valence-corrected chi connectivity index (χ3v) is 10.1. The number of hydrogen-bond donors (Lipinski definition) is 1. The van der Waals surface area contributed by atoms with E-state index in [0.29, 0.717) is 29.0 Å². The summed E-state index contributed by atoms with van der Waals surface area (Å²) >= 11 is 0. The molecule has 4 atom stereocenters. The van der Waals surface area contributed by atoms with E-state index < -0.39 is 0 Å². The number of nitrogens with one attached hydrogen (secondary N) is 1. The van der Waals surface area contributed by atoms with E-state index >= 15 is 0 Å². The van der Waals surface area contributed by atoms with Crippen molar-refractivity contribution in [2.45, 2.75) is 25.1 Å². The standard InChI is InChI=1S/C48H35N5O/c1-2-35(38-20-10-15-34(26-38)31-50)29-42-44(27-32-13-9-14-33(25-32)30-49)54-43-24-12-23-41(45(42)43)48-52-46(37-18-7-4-8-19-37)51-47(53-48)40-22-11-21-39(28-40)36-16-5-3-6-17-36/h1,3-22,24-26,28-29,41,43,45,48H,23,27H2,(H,51,52,53)/b35-29+/t41?,43?,45-,48?/m1/s1. The molecular formula is C48H35N5O. The SMILES string of the molecule is C#C/C(=C\C1=C(Cc2cccc(C#N)c2)OC2C=CCC(C3N=C(c4ccccc4)N=C(c4cccc(-c5ccccc5)c4)N3)[C@H]12)c1cccc(C#N)c1. The molecule has 1 aliphatic carbocycles. The minimum Gasteiger partial charge on any atom is -0.489 e. The van der Waals surface area contributed by atoms with Crippen LogP contribution >= 0.6 is 0 Å². The van der Waals surface area contributed by atoms with Gasteiger partial charge in [-0.3, -0.25) is 0 Å². The topological polar surface area (TPSA) is 93.6 Å². The Morgan fingerprint density at radius 1 is 0.778 bits per heavy atom. The molecule has 0 amide bonds. The molecule has 2 aliphatic heterocycles.